The molecule has 0 saturated carbocycles. The van der Waals surface area contributed by atoms with Gasteiger partial charge in [0.05, 0.1) is 0 Å². The third-order valence-corrected chi connectivity index (χ3v) is 2.14. The van der Waals surface area contributed by atoms with Crippen LogP contribution < -0.4 is 0 Å². The zero-order valence-electron chi connectivity index (χ0n) is 8.59. The Labute approximate surface area is 81.3 Å². The largest absolute Gasteiger partial charge is 0.0727 e. The molecular weight excluding hydrogens is 156 g/mol. The van der Waals surface area contributed by atoms with Crippen molar-refractivity contribution in [1.29, 1.82) is 0 Å². The van der Waals surface area contributed by atoms with Crippen LogP contribution in [0.2, 0.25) is 0 Å². The van der Waals surface area contributed by atoms with E-state index in [1.807, 2.05) is 0 Å². The summed E-state index contributed by atoms with van der Waals surface area (Å²) in [5, 5.41) is 0. The molecule has 0 saturated heterocycles. The standard InChI is InChI=1S/C13H18/c1-3-4-8-12(2)11-13-9-6-5-7-10-13/h5-7,9-11H,3-4,8H2,1-2H3. The number of allylic oxidation sites excluding steroid dienone is 1. The van der Waals surface area contributed by atoms with Gasteiger partial charge in [-0.2, -0.15) is 0 Å². The van der Waals surface area contributed by atoms with Crippen LogP contribution in [0.15, 0.2) is 35.9 Å². The molecule has 70 valence electrons. The highest BCUT2D eigenvalue weighted by atomic mass is 14.0. The SMILES string of the molecule is CCCCC(C)=Cc1ccccc1. The first kappa shape index (κ1) is 10.0. The second-order valence-corrected chi connectivity index (χ2v) is 3.50. The van der Waals surface area contributed by atoms with Crippen LogP contribution in [0.25, 0.3) is 6.08 Å². The molecule has 1 rings (SSSR count). The Kier molecular flexibility index (Phi) is 4.31. The molecule has 0 radical (unpaired) electrons. The van der Waals surface area contributed by atoms with Gasteiger partial charge in [-0.05, 0) is 25.3 Å². The van der Waals surface area contributed by atoms with Crippen LogP contribution in [0.5, 0.6) is 0 Å². The molecule has 1 aromatic rings. The molecule has 0 aliphatic carbocycles. The Morgan fingerprint density at radius 2 is 1.92 bits per heavy atom. The van der Waals surface area contributed by atoms with Crippen molar-refractivity contribution in [3.8, 4) is 0 Å². The van der Waals surface area contributed by atoms with E-state index >= 15 is 0 Å². The van der Waals surface area contributed by atoms with Gasteiger partial charge in [0.25, 0.3) is 0 Å². The fraction of sp³-hybridized carbons (Fsp3) is 0.385. The molecule has 0 spiro atoms. The summed E-state index contributed by atoms with van der Waals surface area (Å²) >= 11 is 0. The normalized spacial score (nSPS) is 11.7. The number of unbranched alkanes of at least 4 members (excludes halogenated alkanes) is 1. The summed E-state index contributed by atoms with van der Waals surface area (Å²) in [5.74, 6) is 0. The van der Waals surface area contributed by atoms with Crippen LogP contribution in [0.4, 0.5) is 0 Å². The molecule has 0 N–H and O–H groups in total. The maximum atomic E-state index is 2.27. The number of hydrogen-bond acceptors (Lipinski definition) is 0. The monoisotopic (exact) mass is 174 g/mol. The van der Waals surface area contributed by atoms with E-state index in [-0.39, 0.29) is 0 Å². The molecule has 0 fully saturated rings. The van der Waals surface area contributed by atoms with Gasteiger partial charge >= 0.3 is 0 Å². The average molecular weight is 174 g/mol. The van der Waals surface area contributed by atoms with Gasteiger partial charge in [0, 0.05) is 0 Å². The third-order valence-electron chi connectivity index (χ3n) is 2.14. The molecule has 0 aliphatic heterocycles. The fourth-order valence-electron chi connectivity index (χ4n) is 1.36. The van der Waals surface area contributed by atoms with Crippen molar-refractivity contribution >= 4 is 6.08 Å². The molecule has 1 aromatic carbocycles. The molecule has 0 aromatic heterocycles. The summed E-state index contributed by atoms with van der Waals surface area (Å²) in [6.07, 6.45) is 6.08. The van der Waals surface area contributed by atoms with Crippen molar-refractivity contribution in [3.05, 3.63) is 41.5 Å². The van der Waals surface area contributed by atoms with E-state index in [4.69, 9.17) is 0 Å². The van der Waals surface area contributed by atoms with Gasteiger partial charge in [0.2, 0.25) is 0 Å². The topological polar surface area (TPSA) is 0 Å². The van der Waals surface area contributed by atoms with E-state index in [0.29, 0.717) is 0 Å². The molecule has 0 bridgehead atoms. The summed E-state index contributed by atoms with van der Waals surface area (Å²) in [7, 11) is 0. The van der Waals surface area contributed by atoms with Gasteiger partial charge in [-0.3, -0.25) is 0 Å². The minimum atomic E-state index is 1.23. The second kappa shape index (κ2) is 5.58. The fourth-order valence-corrected chi connectivity index (χ4v) is 1.36. The van der Waals surface area contributed by atoms with Crippen LogP contribution in [-0.4, -0.2) is 0 Å². The van der Waals surface area contributed by atoms with Crippen molar-refractivity contribution in [2.24, 2.45) is 0 Å². The smallest absolute Gasteiger partial charge is 0.0257 e. The van der Waals surface area contributed by atoms with Crippen LogP contribution in [0, 0.1) is 0 Å². The van der Waals surface area contributed by atoms with E-state index in [0.717, 1.165) is 0 Å². The average Bonchev–Trinajstić information content (AvgIpc) is 2.16. The van der Waals surface area contributed by atoms with Crippen LogP contribution in [0.1, 0.15) is 38.7 Å². The van der Waals surface area contributed by atoms with Gasteiger partial charge in [-0.15, -0.1) is 0 Å². The van der Waals surface area contributed by atoms with Gasteiger partial charge < -0.3 is 0 Å². The number of benzene rings is 1. The van der Waals surface area contributed by atoms with Crippen molar-refractivity contribution in [2.75, 3.05) is 0 Å². The first-order valence-electron chi connectivity index (χ1n) is 5.05. The Morgan fingerprint density at radius 1 is 1.23 bits per heavy atom. The Hall–Kier alpha value is -1.04. The summed E-state index contributed by atoms with van der Waals surface area (Å²) in [4.78, 5) is 0. The van der Waals surface area contributed by atoms with E-state index < -0.39 is 0 Å². The lowest BCUT2D eigenvalue weighted by molar-refractivity contribution is 0.790. The maximum absolute atomic E-state index is 2.27. The van der Waals surface area contributed by atoms with Crippen molar-refractivity contribution in [2.45, 2.75) is 33.1 Å². The summed E-state index contributed by atoms with van der Waals surface area (Å²) < 4.78 is 0. The zero-order chi connectivity index (χ0) is 9.52. The van der Waals surface area contributed by atoms with Crippen molar-refractivity contribution in [3.63, 3.8) is 0 Å². The highest BCUT2D eigenvalue weighted by Gasteiger charge is 1.90. The zero-order valence-corrected chi connectivity index (χ0v) is 8.59. The van der Waals surface area contributed by atoms with Gasteiger partial charge in [-0.25, -0.2) is 0 Å². The lowest BCUT2D eigenvalue weighted by atomic mass is 10.1. The van der Waals surface area contributed by atoms with Crippen LogP contribution >= 0.6 is 0 Å². The molecule has 0 unspecified atom stereocenters. The van der Waals surface area contributed by atoms with E-state index in [1.54, 1.807) is 0 Å². The van der Waals surface area contributed by atoms with Crippen molar-refractivity contribution in [1.82, 2.24) is 0 Å². The highest BCUT2D eigenvalue weighted by Crippen LogP contribution is 2.11. The summed E-state index contributed by atoms with van der Waals surface area (Å²) in [6.45, 7) is 4.44. The minimum Gasteiger partial charge on any atom is -0.0727 e. The first-order valence-corrected chi connectivity index (χ1v) is 5.05. The van der Waals surface area contributed by atoms with Gasteiger partial charge in [0.15, 0.2) is 0 Å². The van der Waals surface area contributed by atoms with Crippen molar-refractivity contribution < 1.29 is 0 Å². The third kappa shape index (κ3) is 3.93. The number of hydrogen-bond donors (Lipinski definition) is 0. The van der Waals surface area contributed by atoms with Gasteiger partial charge in [0.1, 0.15) is 0 Å². The Balaban J connectivity index is 2.55. The number of rotatable bonds is 4. The van der Waals surface area contributed by atoms with E-state index in [1.165, 1.54) is 30.4 Å². The van der Waals surface area contributed by atoms with E-state index in [9.17, 15) is 0 Å². The molecule has 0 amide bonds. The lowest BCUT2D eigenvalue weighted by Gasteiger charge is -1.99. The Morgan fingerprint density at radius 3 is 2.54 bits per heavy atom. The second-order valence-electron chi connectivity index (χ2n) is 3.50. The maximum Gasteiger partial charge on any atom is -0.0257 e. The molecular formula is C13H18. The Bertz CT molecular complexity index is 257. The van der Waals surface area contributed by atoms with E-state index in [2.05, 4.69) is 50.3 Å². The molecule has 0 heterocycles. The molecule has 0 heteroatoms. The quantitative estimate of drug-likeness (QED) is 0.639. The van der Waals surface area contributed by atoms with Crippen LogP contribution in [0.3, 0.4) is 0 Å². The predicted molar refractivity (Wildman–Crippen MR) is 59.6 cm³/mol. The molecule has 0 atom stereocenters. The molecule has 13 heavy (non-hydrogen) atoms. The minimum absolute atomic E-state index is 1.23. The lowest BCUT2D eigenvalue weighted by Crippen LogP contribution is -1.78. The summed E-state index contributed by atoms with van der Waals surface area (Å²) in [6, 6.07) is 10.5. The highest BCUT2D eigenvalue weighted by molar-refractivity contribution is 5.51. The molecule has 0 nitrogen and oxygen atoms in total. The van der Waals surface area contributed by atoms with Gasteiger partial charge in [-0.1, -0.05) is 55.3 Å². The first-order chi connectivity index (χ1) is 6.33. The summed E-state index contributed by atoms with van der Waals surface area (Å²) in [5.41, 5.74) is 2.80. The molecule has 0 aliphatic rings. The van der Waals surface area contributed by atoms with Crippen LogP contribution in [-0.2, 0) is 0 Å². The predicted octanol–water partition coefficient (Wildman–Crippen LogP) is 4.28.